The summed E-state index contributed by atoms with van der Waals surface area (Å²) in [5.74, 6) is -0.563. The van der Waals surface area contributed by atoms with Gasteiger partial charge in [-0.15, -0.1) is 0 Å². The van der Waals surface area contributed by atoms with Crippen LogP contribution in [0, 0.1) is 10.1 Å². The Morgan fingerprint density at radius 1 is 1.39 bits per heavy atom. The molecule has 10 heteroatoms. The van der Waals surface area contributed by atoms with Crippen molar-refractivity contribution < 1.29 is 27.6 Å². The Kier molecular flexibility index (Phi) is 6.91. The van der Waals surface area contributed by atoms with E-state index in [0.29, 0.717) is 6.42 Å². The number of sulfonamides is 1. The lowest BCUT2D eigenvalue weighted by Crippen LogP contribution is -2.27. The van der Waals surface area contributed by atoms with Crippen molar-refractivity contribution in [2.75, 3.05) is 20.3 Å². The van der Waals surface area contributed by atoms with E-state index in [1.807, 2.05) is 6.92 Å². The second-order valence-corrected chi connectivity index (χ2v) is 6.23. The maximum Gasteiger partial charge on any atom is 0.312 e. The number of nitrogens with zero attached hydrogens (tertiary/aromatic N) is 1. The van der Waals surface area contributed by atoms with Crippen molar-refractivity contribution in [3.63, 3.8) is 0 Å². The SMILES string of the molecule is CCCOC(=O)CCNS(=O)(=O)c1ccc(OC)c([N+](=O)[O-])c1. The average molecular weight is 346 g/mol. The molecule has 0 fully saturated rings. The van der Waals surface area contributed by atoms with Gasteiger partial charge in [0.1, 0.15) is 0 Å². The Morgan fingerprint density at radius 3 is 2.65 bits per heavy atom. The van der Waals surface area contributed by atoms with Crippen LogP contribution in [0.2, 0.25) is 0 Å². The van der Waals surface area contributed by atoms with Gasteiger partial charge < -0.3 is 9.47 Å². The zero-order chi connectivity index (χ0) is 17.5. The highest BCUT2D eigenvalue weighted by Gasteiger charge is 2.22. The highest BCUT2D eigenvalue weighted by atomic mass is 32.2. The zero-order valence-corrected chi connectivity index (χ0v) is 13.6. The minimum absolute atomic E-state index is 0.0444. The molecule has 1 N–H and O–H groups in total. The smallest absolute Gasteiger partial charge is 0.312 e. The predicted octanol–water partition coefficient (Wildman–Crippen LogP) is 1.23. The fraction of sp³-hybridized carbons (Fsp3) is 0.462. The lowest BCUT2D eigenvalue weighted by molar-refractivity contribution is -0.386. The van der Waals surface area contributed by atoms with Gasteiger partial charge in [0.15, 0.2) is 5.75 Å². The largest absolute Gasteiger partial charge is 0.490 e. The summed E-state index contributed by atoms with van der Waals surface area (Å²) in [7, 11) is -2.73. The molecule has 128 valence electrons. The van der Waals surface area contributed by atoms with Crippen molar-refractivity contribution in [3.8, 4) is 5.75 Å². The Labute approximate surface area is 133 Å². The van der Waals surface area contributed by atoms with E-state index in [-0.39, 0.29) is 30.2 Å². The standard InChI is InChI=1S/C13H18N2O7S/c1-3-8-22-13(16)6-7-14-23(19,20)10-4-5-12(21-2)11(9-10)15(17)18/h4-5,9,14H,3,6-8H2,1-2H3. The lowest BCUT2D eigenvalue weighted by atomic mass is 10.3. The van der Waals surface area contributed by atoms with Crippen LogP contribution in [0.25, 0.3) is 0 Å². The molecule has 0 aliphatic carbocycles. The number of ether oxygens (including phenoxy) is 2. The predicted molar refractivity (Wildman–Crippen MR) is 80.7 cm³/mol. The second kappa shape index (κ2) is 8.44. The van der Waals surface area contributed by atoms with Gasteiger partial charge in [0, 0.05) is 12.6 Å². The molecule has 0 saturated carbocycles. The summed E-state index contributed by atoms with van der Waals surface area (Å²) in [4.78, 5) is 21.2. The van der Waals surface area contributed by atoms with E-state index in [1.165, 1.54) is 19.2 Å². The summed E-state index contributed by atoms with van der Waals surface area (Å²) in [5.41, 5.74) is -0.460. The molecule has 1 rings (SSSR count). The van der Waals surface area contributed by atoms with E-state index in [1.54, 1.807) is 0 Å². The van der Waals surface area contributed by atoms with Crippen LogP contribution in [0.1, 0.15) is 19.8 Å². The molecule has 0 amide bonds. The molecular formula is C13H18N2O7S. The van der Waals surface area contributed by atoms with Crippen molar-refractivity contribution in [1.82, 2.24) is 4.72 Å². The van der Waals surface area contributed by atoms with E-state index in [4.69, 9.17) is 9.47 Å². The molecule has 0 heterocycles. The maximum absolute atomic E-state index is 12.1. The first-order valence-corrected chi connectivity index (χ1v) is 8.28. The number of nitro groups is 1. The van der Waals surface area contributed by atoms with Gasteiger partial charge in [-0.05, 0) is 18.6 Å². The van der Waals surface area contributed by atoms with Crippen LogP contribution in [-0.4, -0.2) is 39.6 Å². The van der Waals surface area contributed by atoms with E-state index < -0.39 is 26.6 Å². The number of hydrogen-bond acceptors (Lipinski definition) is 7. The molecule has 0 aliphatic heterocycles. The van der Waals surface area contributed by atoms with Crippen LogP contribution < -0.4 is 9.46 Å². The summed E-state index contributed by atoms with van der Waals surface area (Å²) in [5, 5.41) is 10.9. The van der Waals surface area contributed by atoms with Crippen LogP contribution in [0.3, 0.4) is 0 Å². The van der Waals surface area contributed by atoms with E-state index in [2.05, 4.69) is 4.72 Å². The molecule has 0 aromatic heterocycles. The van der Waals surface area contributed by atoms with Crippen molar-refractivity contribution in [3.05, 3.63) is 28.3 Å². The van der Waals surface area contributed by atoms with Crippen molar-refractivity contribution in [2.24, 2.45) is 0 Å². The van der Waals surface area contributed by atoms with Gasteiger partial charge in [-0.2, -0.15) is 0 Å². The zero-order valence-electron chi connectivity index (χ0n) is 12.8. The van der Waals surface area contributed by atoms with Gasteiger partial charge in [-0.3, -0.25) is 14.9 Å². The monoisotopic (exact) mass is 346 g/mol. The van der Waals surface area contributed by atoms with Crippen LogP contribution in [0.5, 0.6) is 5.75 Å². The lowest BCUT2D eigenvalue weighted by Gasteiger charge is -2.08. The van der Waals surface area contributed by atoms with Crippen LogP contribution in [0.4, 0.5) is 5.69 Å². The summed E-state index contributed by atoms with van der Waals surface area (Å²) in [6.45, 7) is 1.95. The molecule has 0 unspecified atom stereocenters. The summed E-state index contributed by atoms with van der Waals surface area (Å²) in [6, 6.07) is 3.28. The van der Waals surface area contributed by atoms with E-state index in [0.717, 1.165) is 6.07 Å². The van der Waals surface area contributed by atoms with Crippen molar-refractivity contribution >= 4 is 21.7 Å². The number of benzene rings is 1. The van der Waals surface area contributed by atoms with Gasteiger partial charge in [0.2, 0.25) is 10.0 Å². The maximum atomic E-state index is 12.1. The molecule has 0 bridgehead atoms. The second-order valence-electron chi connectivity index (χ2n) is 4.46. The van der Waals surface area contributed by atoms with Crippen molar-refractivity contribution in [2.45, 2.75) is 24.7 Å². The van der Waals surface area contributed by atoms with Gasteiger partial charge in [-0.1, -0.05) is 6.92 Å². The third-order valence-corrected chi connectivity index (χ3v) is 4.20. The number of esters is 1. The number of methoxy groups -OCH3 is 1. The molecule has 0 aliphatic rings. The third kappa shape index (κ3) is 5.49. The molecule has 23 heavy (non-hydrogen) atoms. The first-order chi connectivity index (χ1) is 10.8. The Balaban J connectivity index is 2.79. The fourth-order valence-electron chi connectivity index (χ4n) is 1.64. The van der Waals surface area contributed by atoms with E-state index in [9.17, 15) is 23.3 Å². The summed E-state index contributed by atoms with van der Waals surface area (Å²) < 4.78 is 36.0. The number of hydrogen-bond donors (Lipinski definition) is 1. The van der Waals surface area contributed by atoms with E-state index >= 15 is 0 Å². The number of carbonyl (C=O) groups excluding carboxylic acids is 1. The number of nitro benzene ring substituents is 1. The van der Waals surface area contributed by atoms with Crippen molar-refractivity contribution in [1.29, 1.82) is 0 Å². The fourth-order valence-corrected chi connectivity index (χ4v) is 2.69. The third-order valence-electron chi connectivity index (χ3n) is 2.75. The Hall–Kier alpha value is -2.20. The van der Waals surface area contributed by atoms with Crippen LogP contribution in [0.15, 0.2) is 23.1 Å². The summed E-state index contributed by atoms with van der Waals surface area (Å²) >= 11 is 0. The minimum atomic E-state index is -3.98. The minimum Gasteiger partial charge on any atom is -0.490 e. The Bertz CT molecular complexity index is 673. The molecule has 1 aromatic rings. The average Bonchev–Trinajstić information content (AvgIpc) is 2.51. The normalized spacial score (nSPS) is 11.0. The molecule has 1 aromatic carbocycles. The molecule has 0 atom stereocenters. The van der Waals surface area contributed by atoms with Gasteiger partial charge in [-0.25, -0.2) is 13.1 Å². The molecule has 0 radical (unpaired) electrons. The molecule has 0 saturated heterocycles. The molecule has 0 spiro atoms. The highest BCUT2D eigenvalue weighted by Crippen LogP contribution is 2.29. The van der Waals surface area contributed by atoms with Crippen LogP contribution >= 0.6 is 0 Å². The molecule has 9 nitrogen and oxygen atoms in total. The van der Waals surface area contributed by atoms with Gasteiger partial charge in [0.05, 0.1) is 30.0 Å². The first-order valence-electron chi connectivity index (χ1n) is 6.79. The quantitative estimate of drug-likeness (QED) is 0.405. The van der Waals surface area contributed by atoms with Crippen LogP contribution in [-0.2, 0) is 19.6 Å². The number of nitrogens with one attached hydrogen (secondary N) is 1. The number of carbonyl (C=O) groups is 1. The van der Waals surface area contributed by atoms with Gasteiger partial charge >= 0.3 is 11.7 Å². The topological polar surface area (TPSA) is 125 Å². The number of rotatable bonds is 9. The summed E-state index contributed by atoms with van der Waals surface area (Å²) in [6.07, 6.45) is 0.546. The highest BCUT2D eigenvalue weighted by molar-refractivity contribution is 7.89. The Morgan fingerprint density at radius 2 is 2.09 bits per heavy atom. The molecular weight excluding hydrogens is 328 g/mol. The van der Waals surface area contributed by atoms with Gasteiger partial charge in [0.25, 0.3) is 0 Å². The first kappa shape index (κ1) is 18.8.